The minimum absolute atomic E-state index is 0.0648. The minimum Gasteiger partial charge on any atom is -0.504 e. The normalized spacial score (nSPS) is 38.7. The molecule has 4 heteroatoms. The van der Waals surface area contributed by atoms with Crippen LogP contribution in [0.3, 0.4) is 0 Å². The van der Waals surface area contributed by atoms with Crippen LogP contribution in [-0.4, -0.2) is 24.3 Å². The number of carbonyl (C=O) groups excluding carboxylic acids is 1. The number of phenolic OH excluding ortho intramolecular Hbond substituents is 1. The third-order valence-electron chi connectivity index (χ3n) is 15.2. The molecule has 4 saturated carbocycles. The van der Waals surface area contributed by atoms with Crippen molar-refractivity contribution < 1.29 is 19.4 Å². The Morgan fingerprint density at radius 1 is 0.911 bits per heavy atom. The van der Waals surface area contributed by atoms with Crippen molar-refractivity contribution in [3.63, 3.8) is 0 Å². The Morgan fingerprint density at radius 3 is 2.31 bits per heavy atom. The zero-order valence-corrected chi connectivity index (χ0v) is 30.2. The average Bonchev–Trinajstić information content (AvgIpc) is 3.27. The predicted molar refractivity (Wildman–Crippen MR) is 185 cm³/mol. The first-order valence-corrected chi connectivity index (χ1v) is 18.3. The molecule has 0 unspecified atom stereocenters. The Balaban J connectivity index is 1.27. The Labute approximate surface area is 275 Å². The van der Waals surface area contributed by atoms with E-state index in [2.05, 4.69) is 62.3 Å². The van der Waals surface area contributed by atoms with Gasteiger partial charge in [0, 0.05) is 11.5 Å². The fraction of sp³-hybridized carbons (Fsp3) is 0.780. The molecule has 0 spiro atoms. The number of carbonyl (C=O) groups is 1. The summed E-state index contributed by atoms with van der Waals surface area (Å²) < 4.78 is 11.4. The summed E-state index contributed by atoms with van der Waals surface area (Å²) in [7, 11) is 1.52. The summed E-state index contributed by atoms with van der Waals surface area (Å²) >= 11 is 0. The van der Waals surface area contributed by atoms with Crippen LogP contribution in [0.1, 0.15) is 132 Å². The van der Waals surface area contributed by atoms with Gasteiger partial charge in [0.25, 0.3) is 0 Å². The molecule has 0 aliphatic heterocycles. The maximum atomic E-state index is 13.1. The van der Waals surface area contributed by atoms with E-state index in [4.69, 9.17) is 9.47 Å². The highest BCUT2D eigenvalue weighted by Gasteiger charge is 2.67. The lowest BCUT2D eigenvalue weighted by atomic mass is 9.38. The smallest absolute Gasteiger partial charge is 0.331 e. The Hall–Kier alpha value is -1.97. The van der Waals surface area contributed by atoms with E-state index in [-0.39, 0.29) is 23.2 Å². The number of fused-ring (bicyclic) bond motifs is 5. The zero-order chi connectivity index (χ0) is 32.9. The molecule has 4 aliphatic rings. The number of aromatic hydroxyl groups is 1. The van der Waals surface area contributed by atoms with Crippen molar-refractivity contribution in [3.8, 4) is 11.5 Å². The van der Waals surface area contributed by atoms with E-state index in [1.807, 2.05) is 0 Å². The summed E-state index contributed by atoms with van der Waals surface area (Å²) in [5, 5.41) is 9.89. The third kappa shape index (κ3) is 5.88. The molecular weight excluding hydrogens is 556 g/mol. The highest BCUT2D eigenvalue weighted by atomic mass is 16.5. The highest BCUT2D eigenvalue weighted by Crippen LogP contribution is 2.74. The van der Waals surface area contributed by atoms with Crippen LogP contribution < -0.4 is 4.74 Å². The topological polar surface area (TPSA) is 55.8 Å². The lowest BCUT2D eigenvalue weighted by molar-refractivity contribution is -0.208. The van der Waals surface area contributed by atoms with Crippen molar-refractivity contribution in [1.82, 2.24) is 0 Å². The summed E-state index contributed by atoms with van der Waals surface area (Å²) in [6.07, 6.45) is 16.2. The molecule has 1 aromatic carbocycles. The number of phenols is 1. The molecule has 0 saturated heterocycles. The fourth-order valence-corrected chi connectivity index (χ4v) is 11.9. The number of benzene rings is 1. The molecular formula is C41H64O4. The van der Waals surface area contributed by atoms with Gasteiger partial charge in [0.15, 0.2) is 11.5 Å². The first kappa shape index (κ1) is 34.4. The second-order valence-corrected chi connectivity index (χ2v) is 17.7. The van der Waals surface area contributed by atoms with Gasteiger partial charge in [-0.1, -0.05) is 81.2 Å². The lowest BCUT2D eigenvalue weighted by Crippen LogP contribution is -2.62. The van der Waals surface area contributed by atoms with Gasteiger partial charge in [-0.05, 0) is 133 Å². The van der Waals surface area contributed by atoms with Gasteiger partial charge in [-0.25, -0.2) is 4.79 Å². The van der Waals surface area contributed by atoms with Crippen molar-refractivity contribution in [2.24, 2.45) is 63.1 Å². The van der Waals surface area contributed by atoms with Crippen LogP contribution >= 0.6 is 0 Å². The molecule has 252 valence electrons. The van der Waals surface area contributed by atoms with E-state index < -0.39 is 0 Å². The van der Waals surface area contributed by atoms with Gasteiger partial charge >= 0.3 is 5.97 Å². The van der Waals surface area contributed by atoms with Crippen molar-refractivity contribution in [2.45, 2.75) is 133 Å². The maximum Gasteiger partial charge on any atom is 0.331 e. The number of esters is 1. The molecule has 4 aliphatic carbocycles. The van der Waals surface area contributed by atoms with Crippen LogP contribution in [0.15, 0.2) is 24.3 Å². The van der Waals surface area contributed by atoms with Crippen LogP contribution in [0.2, 0.25) is 0 Å². The van der Waals surface area contributed by atoms with Gasteiger partial charge in [0.05, 0.1) is 7.11 Å². The second-order valence-electron chi connectivity index (χ2n) is 17.7. The van der Waals surface area contributed by atoms with Crippen LogP contribution in [0, 0.1) is 63.1 Å². The van der Waals surface area contributed by atoms with E-state index >= 15 is 0 Å². The van der Waals surface area contributed by atoms with E-state index in [0.29, 0.717) is 27.9 Å². The van der Waals surface area contributed by atoms with Gasteiger partial charge in [-0.3, -0.25) is 0 Å². The molecule has 0 bridgehead atoms. The van der Waals surface area contributed by atoms with Gasteiger partial charge in [-0.2, -0.15) is 0 Å². The number of hydrogen-bond donors (Lipinski definition) is 1. The van der Waals surface area contributed by atoms with Crippen molar-refractivity contribution in [2.75, 3.05) is 7.11 Å². The van der Waals surface area contributed by atoms with E-state index in [1.165, 1.54) is 64.6 Å². The van der Waals surface area contributed by atoms with Gasteiger partial charge < -0.3 is 14.6 Å². The monoisotopic (exact) mass is 620 g/mol. The summed E-state index contributed by atoms with van der Waals surface area (Å²) in [4.78, 5) is 13.1. The fourth-order valence-electron chi connectivity index (χ4n) is 11.9. The van der Waals surface area contributed by atoms with Gasteiger partial charge in [0.1, 0.15) is 6.10 Å². The minimum atomic E-state index is -0.285. The molecule has 1 aromatic rings. The lowest BCUT2D eigenvalue weighted by Gasteiger charge is -2.67. The molecule has 4 fully saturated rings. The molecule has 0 amide bonds. The molecule has 45 heavy (non-hydrogen) atoms. The summed E-state index contributed by atoms with van der Waals surface area (Å²) in [6.45, 7) is 22.6. The molecule has 4 nitrogen and oxygen atoms in total. The molecule has 5 rings (SSSR count). The third-order valence-corrected chi connectivity index (χ3v) is 15.2. The first-order valence-electron chi connectivity index (χ1n) is 18.3. The standard InChI is InChI=1S/C41H64O4/c1-26(2)27(3)11-12-28(4)30-19-23-41(9)32-15-17-35-38(5,6)36(21-22-39(35,7)31(32)20-24-40(30,41)8)45-37(43)18-14-29-13-16-33(42)34(25-29)44-10/h13-14,16,18,25-28,30-32,35-36,42H,11-12,15,17,19-24H2,1-10H3/b18-14+/t27-,28-,30-,31+,32-,35+,36+,39-,40-,41+/m1/s1. The number of ether oxygens (including phenoxy) is 2. The van der Waals surface area contributed by atoms with E-state index in [1.54, 1.807) is 24.3 Å². The predicted octanol–water partition coefficient (Wildman–Crippen LogP) is 10.7. The van der Waals surface area contributed by atoms with Gasteiger partial charge in [-0.15, -0.1) is 0 Å². The summed E-state index contributed by atoms with van der Waals surface area (Å²) in [6, 6.07) is 5.08. The van der Waals surface area contributed by atoms with E-state index in [9.17, 15) is 9.90 Å². The van der Waals surface area contributed by atoms with Crippen LogP contribution in [-0.2, 0) is 9.53 Å². The molecule has 10 atom stereocenters. The summed E-state index contributed by atoms with van der Waals surface area (Å²) in [5.74, 6) is 5.60. The Morgan fingerprint density at radius 2 is 1.62 bits per heavy atom. The largest absolute Gasteiger partial charge is 0.504 e. The zero-order valence-electron chi connectivity index (χ0n) is 30.2. The summed E-state index contributed by atoms with van der Waals surface area (Å²) in [5.41, 5.74) is 1.91. The molecule has 0 heterocycles. The highest BCUT2D eigenvalue weighted by molar-refractivity contribution is 5.87. The Kier molecular flexibility index (Phi) is 9.60. The number of methoxy groups -OCH3 is 1. The van der Waals surface area contributed by atoms with Crippen LogP contribution in [0.5, 0.6) is 11.5 Å². The van der Waals surface area contributed by atoms with Gasteiger partial charge in [0.2, 0.25) is 0 Å². The quantitative estimate of drug-likeness (QED) is 0.220. The van der Waals surface area contributed by atoms with Crippen LogP contribution in [0.4, 0.5) is 0 Å². The first-order chi connectivity index (χ1) is 21.1. The average molecular weight is 621 g/mol. The second kappa shape index (κ2) is 12.6. The maximum absolute atomic E-state index is 13.1. The van der Waals surface area contributed by atoms with E-state index in [0.717, 1.165) is 53.9 Å². The number of rotatable bonds is 9. The number of hydrogen-bond acceptors (Lipinski definition) is 4. The van der Waals surface area contributed by atoms with Crippen molar-refractivity contribution >= 4 is 12.0 Å². The van der Waals surface area contributed by atoms with Crippen LogP contribution in [0.25, 0.3) is 6.08 Å². The molecule has 1 N–H and O–H groups in total. The molecule has 0 radical (unpaired) electrons. The SMILES string of the molecule is COc1cc(/C=C/C(=O)O[C@H]2CC[C@]3(C)[C@H]4CC[C@]5(C)[C@@H]([C@H](C)CC[C@@H](C)C(C)C)CC[C@@]5(C)[C@@H]4CC[C@H]3C2(C)C)ccc1O. The Bertz CT molecular complexity index is 1250. The van der Waals surface area contributed by atoms with Crippen molar-refractivity contribution in [3.05, 3.63) is 29.8 Å². The van der Waals surface area contributed by atoms with Crippen molar-refractivity contribution in [1.29, 1.82) is 0 Å². The molecule has 0 aromatic heterocycles.